The van der Waals surface area contributed by atoms with Gasteiger partial charge in [0.05, 0.1) is 12.6 Å². The van der Waals surface area contributed by atoms with E-state index in [4.69, 9.17) is 16.3 Å². The standard InChI is InChI=1S/C19H29ClN4O.HI/c1-21-18(24-10-8-19(13-24)9-11-25-14-19)22-12-17(23(2)3)15-6-4-5-7-16(15)20;/h4-7,17H,8-14H2,1-3H3,(H,21,22);1H. The number of hydrogen-bond donors (Lipinski definition) is 1. The third kappa shape index (κ3) is 4.82. The van der Waals surface area contributed by atoms with Crippen molar-refractivity contribution in [3.05, 3.63) is 34.9 Å². The lowest BCUT2D eigenvalue weighted by Gasteiger charge is -2.29. The van der Waals surface area contributed by atoms with Crippen molar-refractivity contribution in [2.45, 2.75) is 18.9 Å². The molecule has 7 heteroatoms. The van der Waals surface area contributed by atoms with E-state index in [0.717, 1.165) is 49.4 Å². The van der Waals surface area contributed by atoms with Crippen LogP contribution in [0.4, 0.5) is 0 Å². The molecular weight excluding hydrogens is 463 g/mol. The maximum absolute atomic E-state index is 6.41. The number of halogens is 2. The second-order valence-electron chi connectivity index (χ2n) is 7.40. The van der Waals surface area contributed by atoms with Gasteiger partial charge >= 0.3 is 0 Å². The SMILES string of the molecule is CN=C(NCC(c1ccccc1Cl)N(C)C)N1CCC2(CCOC2)C1.I. The maximum atomic E-state index is 6.41. The molecule has 2 atom stereocenters. The highest BCUT2D eigenvalue weighted by molar-refractivity contribution is 14.0. The van der Waals surface area contributed by atoms with Crippen molar-refractivity contribution in [2.24, 2.45) is 10.4 Å². The highest BCUT2D eigenvalue weighted by Crippen LogP contribution is 2.38. The molecule has 1 spiro atoms. The fourth-order valence-electron chi connectivity index (χ4n) is 3.92. The monoisotopic (exact) mass is 492 g/mol. The molecule has 0 aliphatic carbocycles. The van der Waals surface area contributed by atoms with Crippen LogP contribution < -0.4 is 5.32 Å². The molecule has 0 bridgehead atoms. The first-order chi connectivity index (χ1) is 12.0. The number of likely N-dealkylation sites (tertiary alicyclic amines) is 1. The molecule has 2 saturated heterocycles. The van der Waals surface area contributed by atoms with Crippen molar-refractivity contribution in [1.82, 2.24) is 15.1 Å². The zero-order valence-corrected chi connectivity index (χ0v) is 19.0. The number of nitrogens with zero attached hydrogens (tertiary/aromatic N) is 3. The summed E-state index contributed by atoms with van der Waals surface area (Å²) in [5.41, 5.74) is 1.47. The van der Waals surface area contributed by atoms with Crippen molar-refractivity contribution in [3.8, 4) is 0 Å². The number of likely N-dealkylation sites (N-methyl/N-ethyl adjacent to an activating group) is 1. The van der Waals surface area contributed by atoms with Gasteiger partial charge in [-0.05, 0) is 38.6 Å². The first-order valence-electron chi connectivity index (χ1n) is 8.99. The molecule has 5 nitrogen and oxygen atoms in total. The molecule has 2 unspecified atom stereocenters. The van der Waals surface area contributed by atoms with Gasteiger partial charge in [-0.25, -0.2) is 0 Å². The summed E-state index contributed by atoms with van der Waals surface area (Å²) in [6.45, 7) is 4.63. The van der Waals surface area contributed by atoms with Crippen LogP contribution in [0.1, 0.15) is 24.4 Å². The van der Waals surface area contributed by atoms with Crippen molar-refractivity contribution in [3.63, 3.8) is 0 Å². The number of hydrogen-bond acceptors (Lipinski definition) is 3. The fourth-order valence-corrected chi connectivity index (χ4v) is 4.19. The summed E-state index contributed by atoms with van der Waals surface area (Å²) in [5, 5.41) is 4.37. The van der Waals surface area contributed by atoms with E-state index in [0.29, 0.717) is 5.41 Å². The molecule has 1 aromatic rings. The quantitative estimate of drug-likeness (QED) is 0.398. The molecular formula is C19H30ClIN4O. The first kappa shape index (κ1) is 21.7. The molecule has 1 aromatic carbocycles. The lowest BCUT2D eigenvalue weighted by molar-refractivity contribution is 0.156. The molecule has 26 heavy (non-hydrogen) atoms. The summed E-state index contributed by atoms with van der Waals surface area (Å²) >= 11 is 6.41. The molecule has 3 rings (SSSR count). The number of aliphatic imine (C=N–C) groups is 1. The van der Waals surface area contributed by atoms with Crippen LogP contribution in [0.5, 0.6) is 0 Å². The molecule has 146 valence electrons. The summed E-state index contributed by atoms with van der Waals surface area (Å²) in [7, 11) is 6.02. The molecule has 2 aliphatic rings. The van der Waals surface area contributed by atoms with Gasteiger partial charge < -0.3 is 19.9 Å². The van der Waals surface area contributed by atoms with Crippen LogP contribution in [-0.4, -0.2) is 69.8 Å². The van der Waals surface area contributed by atoms with Crippen molar-refractivity contribution >= 4 is 41.5 Å². The number of rotatable bonds is 4. The number of guanidine groups is 1. The third-order valence-electron chi connectivity index (χ3n) is 5.48. The summed E-state index contributed by atoms with van der Waals surface area (Å²) in [4.78, 5) is 9.07. The Hall–Kier alpha value is -0.570. The minimum absolute atomic E-state index is 0. The maximum Gasteiger partial charge on any atom is 0.193 e. The van der Waals surface area contributed by atoms with Crippen LogP contribution in [0.2, 0.25) is 5.02 Å². The first-order valence-corrected chi connectivity index (χ1v) is 9.37. The minimum Gasteiger partial charge on any atom is -0.381 e. The van der Waals surface area contributed by atoms with Crippen molar-refractivity contribution in [2.75, 3.05) is 54.0 Å². The largest absolute Gasteiger partial charge is 0.381 e. The molecule has 1 N–H and O–H groups in total. The van der Waals surface area contributed by atoms with Gasteiger partial charge in [-0.15, -0.1) is 24.0 Å². The molecule has 0 amide bonds. The normalized spacial score (nSPS) is 24.2. The Kier molecular flexibility index (Phi) is 8.00. The van der Waals surface area contributed by atoms with Gasteiger partial charge in [0, 0.05) is 43.7 Å². The molecule has 2 fully saturated rings. The second-order valence-corrected chi connectivity index (χ2v) is 7.81. The van der Waals surface area contributed by atoms with Gasteiger partial charge in [-0.2, -0.15) is 0 Å². The lowest BCUT2D eigenvalue weighted by Crippen LogP contribution is -2.44. The summed E-state index contributed by atoms with van der Waals surface area (Å²) in [5.74, 6) is 0.975. The predicted octanol–water partition coefficient (Wildman–Crippen LogP) is 3.25. The van der Waals surface area contributed by atoms with Gasteiger partial charge in [0.15, 0.2) is 5.96 Å². The second kappa shape index (κ2) is 9.57. The van der Waals surface area contributed by atoms with Crippen molar-refractivity contribution in [1.29, 1.82) is 0 Å². The zero-order chi connectivity index (χ0) is 17.9. The van der Waals surface area contributed by atoms with E-state index in [1.165, 1.54) is 12.8 Å². The average molecular weight is 493 g/mol. The number of ether oxygens (including phenoxy) is 1. The van der Waals surface area contributed by atoms with Crippen LogP contribution in [0.3, 0.4) is 0 Å². The van der Waals surface area contributed by atoms with E-state index >= 15 is 0 Å². The molecule has 2 heterocycles. The fraction of sp³-hybridized carbons (Fsp3) is 0.632. The molecule has 2 aliphatic heterocycles. The van der Waals surface area contributed by atoms with Crippen LogP contribution in [-0.2, 0) is 4.74 Å². The summed E-state index contributed by atoms with van der Waals surface area (Å²) in [6.07, 6.45) is 2.36. The van der Waals surface area contributed by atoms with E-state index < -0.39 is 0 Å². The van der Waals surface area contributed by atoms with E-state index in [2.05, 4.69) is 40.3 Å². The Morgan fingerprint density at radius 1 is 1.38 bits per heavy atom. The van der Waals surface area contributed by atoms with E-state index in [9.17, 15) is 0 Å². The highest BCUT2D eigenvalue weighted by atomic mass is 127. The van der Waals surface area contributed by atoms with Gasteiger partial charge in [0.25, 0.3) is 0 Å². The van der Waals surface area contributed by atoms with Gasteiger partial charge in [-0.3, -0.25) is 4.99 Å². The third-order valence-corrected chi connectivity index (χ3v) is 5.82. The highest BCUT2D eigenvalue weighted by Gasteiger charge is 2.42. The summed E-state index contributed by atoms with van der Waals surface area (Å²) in [6, 6.07) is 8.25. The number of benzene rings is 1. The Morgan fingerprint density at radius 2 is 2.15 bits per heavy atom. The Balaban J connectivity index is 0.00000243. The summed E-state index contributed by atoms with van der Waals surface area (Å²) < 4.78 is 5.64. The van der Waals surface area contributed by atoms with E-state index in [-0.39, 0.29) is 30.0 Å². The van der Waals surface area contributed by atoms with Crippen LogP contribution in [0, 0.1) is 5.41 Å². The van der Waals surface area contributed by atoms with Gasteiger partial charge in [0.2, 0.25) is 0 Å². The molecule has 0 aromatic heterocycles. The minimum atomic E-state index is 0. The molecule has 0 radical (unpaired) electrons. The van der Waals surface area contributed by atoms with Crippen LogP contribution in [0.15, 0.2) is 29.3 Å². The lowest BCUT2D eigenvalue weighted by atomic mass is 9.87. The topological polar surface area (TPSA) is 40.1 Å². The Bertz CT molecular complexity index is 619. The van der Waals surface area contributed by atoms with Gasteiger partial charge in [-0.1, -0.05) is 29.8 Å². The number of nitrogens with one attached hydrogen (secondary N) is 1. The van der Waals surface area contributed by atoms with Crippen LogP contribution in [0.25, 0.3) is 0 Å². The Labute approximate surface area is 179 Å². The van der Waals surface area contributed by atoms with Crippen molar-refractivity contribution < 1.29 is 4.74 Å². The smallest absolute Gasteiger partial charge is 0.193 e. The van der Waals surface area contributed by atoms with E-state index in [1.54, 1.807) is 0 Å². The zero-order valence-electron chi connectivity index (χ0n) is 15.9. The molecule has 0 saturated carbocycles. The Morgan fingerprint density at radius 3 is 2.77 bits per heavy atom. The van der Waals surface area contributed by atoms with E-state index in [1.807, 2.05) is 25.2 Å². The van der Waals surface area contributed by atoms with Crippen LogP contribution >= 0.6 is 35.6 Å². The predicted molar refractivity (Wildman–Crippen MR) is 119 cm³/mol. The van der Waals surface area contributed by atoms with Gasteiger partial charge in [0.1, 0.15) is 0 Å². The average Bonchev–Trinajstić information content (AvgIpc) is 3.23.